The van der Waals surface area contributed by atoms with Crippen LogP contribution < -0.4 is 5.32 Å². The Morgan fingerprint density at radius 3 is 2.70 bits per heavy atom. The molecule has 1 aromatic carbocycles. The van der Waals surface area contributed by atoms with Crippen molar-refractivity contribution in [3.05, 3.63) is 29.8 Å². The number of rotatable bonds is 2. The van der Waals surface area contributed by atoms with Crippen LogP contribution in [0.2, 0.25) is 0 Å². The molecule has 2 N–H and O–H groups in total. The fraction of sp³-hybridized carbons (Fsp3) is 0.588. The van der Waals surface area contributed by atoms with E-state index in [1.165, 1.54) is 25.3 Å². The molecule has 20 heavy (non-hydrogen) atoms. The Morgan fingerprint density at radius 1 is 1.35 bits per heavy atom. The van der Waals surface area contributed by atoms with Crippen molar-refractivity contribution in [3.63, 3.8) is 0 Å². The van der Waals surface area contributed by atoms with Crippen molar-refractivity contribution in [3.8, 4) is 5.75 Å². The van der Waals surface area contributed by atoms with E-state index in [-0.39, 0.29) is 28.5 Å². The number of carbonyl (C=O) groups excluding carboxylic acids is 1. The summed E-state index contributed by atoms with van der Waals surface area (Å²) >= 11 is 0. The lowest BCUT2D eigenvalue weighted by Gasteiger charge is -2.43. The zero-order valence-corrected chi connectivity index (χ0v) is 12.4. The second-order valence-electron chi connectivity index (χ2n) is 7.37. The Morgan fingerprint density at radius 2 is 2.10 bits per heavy atom. The average Bonchev–Trinajstić information content (AvgIpc) is 2.85. The number of phenolic OH excluding ortho intramolecular Hbond substituents is 1. The van der Waals surface area contributed by atoms with E-state index in [0.717, 1.165) is 0 Å². The van der Waals surface area contributed by atoms with E-state index >= 15 is 0 Å². The molecule has 3 rings (SSSR count). The molecule has 2 aliphatic carbocycles. The summed E-state index contributed by atoms with van der Waals surface area (Å²) in [6.45, 7) is 6.85. The van der Waals surface area contributed by atoms with E-state index in [4.69, 9.17) is 0 Å². The van der Waals surface area contributed by atoms with Crippen LogP contribution in [-0.4, -0.2) is 17.1 Å². The van der Waals surface area contributed by atoms with Gasteiger partial charge in [-0.3, -0.25) is 4.79 Å². The topological polar surface area (TPSA) is 49.3 Å². The largest absolute Gasteiger partial charge is 0.508 e. The van der Waals surface area contributed by atoms with Crippen LogP contribution in [0.15, 0.2) is 24.3 Å². The predicted octanol–water partition coefficient (Wildman–Crippen LogP) is 3.34. The van der Waals surface area contributed by atoms with E-state index in [1.807, 2.05) is 0 Å². The third kappa shape index (κ3) is 1.91. The zero-order chi connectivity index (χ0) is 14.5. The molecule has 0 radical (unpaired) electrons. The van der Waals surface area contributed by atoms with Crippen molar-refractivity contribution in [1.29, 1.82) is 0 Å². The monoisotopic (exact) mass is 273 g/mol. The van der Waals surface area contributed by atoms with Gasteiger partial charge in [-0.05, 0) is 54.2 Å². The molecule has 0 aromatic heterocycles. The number of hydrogen-bond acceptors (Lipinski definition) is 2. The second kappa shape index (κ2) is 4.24. The number of hydrogen-bond donors (Lipinski definition) is 2. The Bertz CT molecular complexity index is 547. The fourth-order valence-corrected chi connectivity index (χ4v) is 4.52. The van der Waals surface area contributed by atoms with Gasteiger partial charge in [0, 0.05) is 11.6 Å². The first-order chi connectivity index (χ1) is 9.33. The van der Waals surface area contributed by atoms with Crippen molar-refractivity contribution in [2.24, 2.45) is 16.7 Å². The molecule has 0 heterocycles. The number of benzene rings is 1. The minimum atomic E-state index is -0.0762. The van der Waals surface area contributed by atoms with Gasteiger partial charge in [-0.15, -0.1) is 0 Å². The number of phenols is 1. The molecule has 2 fully saturated rings. The molecular formula is C17H23NO2. The third-order valence-electron chi connectivity index (χ3n) is 5.65. The minimum absolute atomic E-state index is 0.0762. The zero-order valence-electron chi connectivity index (χ0n) is 12.4. The summed E-state index contributed by atoms with van der Waals surface area (Å²) in [7, 11) is 0. The van der Waals surface area contributed by atoms with Crippen LogP contribution in [0.4, 0.5) is 0 Å². The molecular weight excluding hydrogens is 250 g/mol. The number of carbonyl (C=O) groups is 1. The molecule has 1 amide bonds. The summed E-state index contributed by atoms with van der Waals surface area (Å²) in [6, 6.07) is 6.77. The maximum atomic E-state index is 12.4. The molecule has 2 saturated carbocycles. The van der Waals surface area contributed by atoms with E-state index in [0.29, 0.717) is 11.5 Å². The van der Waals surface area contributed by atoms with Crippen molar-refractivity contribution >= 4 is 5.91 Å². The van der Waals surface area contributed by atoms with Gasteiger partial charge >= 0.3 is 0 Å². The highest BCUT2D eigenvalue weighted by Gasteiger charge is 2.59. The van der Waals surface area contributed by atoms with Gasteiger partial charge in [0.25, 0.3) is 5.91 Å². The second-order valence-corrected chi connectivity index (χ2v) is 7.37. The first kappa shape index (κ1) is 13.5. The van der Waals surface area contributed by atoms with Crippen LogP contribution in [0.5, 0.6) is 5.75 Å². The molecule has 3 heteroatoms. The highest BCUT2D eigenvalue weighted by molar-refractivity contribution is 5.94. The molecule has 3 unspecified atom stereocenters. The molecule has 3 atom stereocenters. The molecule has 2 bridgehead atoms. The first-order valence-electron chi connectivity index (χ1n) is 7.43. The van der Waals surface area contributed by atoms with Crippen LogP contribution in [0.3, 0.4) is 0 Å². The van der Waals surface area contributed by atoms with Crippen molar-refractivity contribution in [2.75, 3.05) is 0 Å². The summed E-state index contributed by atoms with van der Waals surface area (Å²) in [4.78, 5) is 12.4. The fourth-order valence-electron chi connectivity index (χ4n) is 4.52. The van der Waals surface area contributed by atoms with Crippen molar-refractivity contribution < 1.29 is 9.90 Å². The molecule has 3 nitrogen and oxygen atoms in total. The molecule has 1 aromatic rings. The summed E-state index contributed by atoms with van der Waals surface area (Å²) in [5.74, 6) is 0.769. The Kier molecular flexibility index (Phi) is 2.86. The van der Waals surface area contributed by atoms with Crippen LogP contribution >= 0.6 is 0 Å². The maximum Gasteiger partial charge on any atom is 0.251 e. The minimum Gasteiger partial charge on any atom is -0.508 e. The first-order valence-corrected chi connectivity index (χ1v) is 7.43. The van der Waals surface area contributed by atoms with Gasteiger partial charge in [-0.1, -0.05) is 26.8 Å². The van der Waals surface area contributed by atoms with Crippen LogP contribution in [0.1, 0.15) is 50.4 Å². The Hall–Kier alpha value is -1.51. The SMILES string of the molecule is CC12CCC(C1)C(C)(C)C2NC(=O)c1cccc(O)c1. The Balaban J connectivity index is 1.82. The van der Waals surface area contributed by atoms with E-state index in [1.54, 1.807) is 18.2 Å². The summed E-state index contributed by atoms with van der Waals surface area (Å²) in [5.41, 5.74) is 0.910. The predicted molar refractivity (Wildman–Crippen MR) is 78.6 cm³/mol. The molecule has 2 aliphatic rings. The third-order valence-corrected chi connectivity index (χ3v) is 5.65. The average molecular weight is 273 g/mol. The van der Waals surface area contributed by atoms with Crippen LogP contribution in [-0.2, 0) is 0 Å². The van der Waals surface area contributed by atoms with Crippen molar-refractivity contribution in [1.82, 2.24) is 5.32 Å². The van der Waals surface area contributed by atoms with E-state index in [2.05, 4.69) is 26.1 Å². The number of amides is 1. The van der Waals surface area contributed by atoms with Gasteiger partial charge in [-0.25, -0.2) is 0 Å². The maximum absolute atomic E-state index is 12.4. The highest BCUT2D eigenvalue weighted by Crippen LogP contribution is 2.62. The quantitative estimate of drug-likeness (QED) is 0.868. The lowest BCUT2D eigenvalue weighted by Crippen LogP contribution is -2.52. The smallest absolute Gasteiger partial charge is 0.251 e. The van der Waals surface area contributed by atoms with Gasteiger partial charge in [0.2, 0.25) is 0 Å². The Labute approximate surface area is 120 Å². The van der Waals surface area contributed by atoms with E-state index < -0.39 is 0 Å². The normalized spacial score (nSPS) is 34.1. The van der Waals surface area contributed by atoms with Gasteiger partial charge in [0.1, 0.15) is 5.75 Å². The van der Waals surface area contributed by atoms with Crippen molar-refractivity contribution in [2.45, 2.75) is 46.1 Å². The van der Waals surface area contributed by atoms with Gasteiger partial charge < -0.3 is 10.4 Å². The van der Waals surface area contributed by atoms with Gasteiger partial charge in [0.15, 0.2) is 0 Å². The number of nitrogens with one attached hydrogen (secondary N) is 1. The van der Waals surface area contributed by atoms with Gasteiger partial charge in [-0.2, -0.15) is 0 Å². The van der Waals surface area contributed by atoms with Gasteiger partial charge in [0.05, 0.1) is 0 Å². The molecule has 0 spiro atoms. The number of fused-ring (bicyclic) bond motifs is 2. The summed E-state index contributed by atoms with van der Waals surface area (Å²) in [6.07, 6.45) is 3.69. The highest BCUT2D eigenvalue weighted by atomic mass is 16.3. The summed E-state index contributed by atoms with van der Waals surface area (Å²) < 4.78 is 0. The summed E-state index contributed by atoms with van der Waals surface area (Å²) in [5, 5.41) is 12.7. The van der Waals surface area contributed by atoms with E-state index in [9.17, 15) is 9.90 Å². The number of aromatic hydroxyl groups is 1. The lowest BCUT2D eigenvalue weighted by atomic mass is 9.68. The lowest BCUT2D eigenvalue weighted by molar-refractivity contribution is 0.0737. The van der Waals surface area contributed by atoms with Crippen LogP contribution in [0.25, 0.3) is 0 Å². The standard InChI is InChI=1S/C17H23NO2/c1-16(2)12-7-8-17(3,10-12)15(16)18-14(20)11-5-4-6-13(19)9-11/h4-6,9,12,15,19H,7-8,10H2,1-3H3,(H,18,20). The van der Waals surface area contributed by atoms with Crippen LogP contribution in [0, 0.1) is 16.7 Å². The molecule has 0 aliphatic heterocycles. The molecule has 108 valence electrons. The molecule has 0 saturated heterocycles.